The average molecular weight is 280 g/mol. The van der Waals surface area contributed by atoms with Crippen LogP contribution in [-0.4, -0.2) is 21.3 Å². The molecule has 21 heavy (non-hydrogen) atoms. The Bertz CT molecular complexity index is 786. The summed E-state index contributed by atoms with van der Waals surface area (Å²) in [5, 5.41) is 4.24. The number of nitrogens with zero attached hydrogens (tertiary/aromatic N) is 2. The van der Waals surface area contributed by atoms with Crippen LogP contribution in [0.5, 0.6) is 0 Å². The Hall–Kier alpha value is -2.95. The van der Waals surface area contributed by atoms with Gasteiger partial charge < -0.3 is 4.42 Å². The lowest BCUT2D eigenvalue weighted by Crippen LogP contribution is -2.06. The number of carbonyl (C=O) groups is 2. The third-order valence-electron chi connectivity index (χ3n) is 3.05. The maximum absolute atomic E-state index is 12.2. The smallest absolute Gasteiger partial charge is 0.248 e. The quantitative estimate of drug-likeness (QED) is 0.689. The molecule has 0 amide bonds. The number of rotatable bonds is 4. The Morgan fingerprint density at radius 3 is 2.48 bits per heavy atom. The highest BCUT2D eigenvalue weighted by Gasteiger charge is 2.20. The van der Waals surface area contributed by atoms with Gasteiger partial charge in [-0.25, -0.2) is 4.68 Å². The molecule has 0 aliphatic carbocycles. The summed E-state index contributed by atoms with van der Waals surface area (Å²) in [6.45, 7) is 1.44. The third-order valence-corrected chi connectivity index (χ3v) is 3.05. The standard InChI is InChI=1S/C16H12N2O3/c1-11(19)14-10-13(16(20)15-8-5-9-21-15)17-18(14)12-6-3-2-4-7-12/h2-10H,1H3. The lowest BCUT2D eigenvalue weighted by Gasteiger charge is -2.03. The molecule has 0 saturated carbocycles. The number of benzene rings is 1. The van der Waals surface area contributed by atoms with Gasteiger partial charge in [-0.1, -0.05) is 18.2 Å². The van der Waals surface area contributed by atoms with Crippen molar-refractivity contribution in [3.63, 3.8) is 0 Å². The van der Waals surface area contributed by atoms with Crippen molar-refractivity contribution < 1.29 is 14.0 Å². The minimum atomic E-state index is -0.350. The number of Topliss-reactive ketones (excluding diaryl/α,β-unsaturated/α-hetero) is 1. The molecule has 0 fully saturated rings. The molecular weight excluding hydrogens is 268 g/mol. The first-order valence-electron chi connectivity index (χ1n) is 6.41. The maximum atomic E-state index is 12.2. The van der Waals surface area contributed by atoms with Gasteiger partial charge in [0.1, 0.15) is 11.4 Å². The Balaban J connectivity index is 2.09. The molecule has 5 heteroatoms. The van der Waals surface area contributed by atoms with Crippen LogP contribution >= 0.6 is 0 Å². The lowest BCUT2D eigenvalue weighted by atomic mass is 10.2. The molecule has 0 radical (unpaired) electrons. The molecule has 5 nitrogen and oxygen atoms in total. The normalized spacial score (nSPS) is 10.5. The SMILES string of the molecule is CC(=O)c1cc(C(=O)c2ccco2)nn1-c1ccccc1. The van der Waals surface area contributed by atoms with E-state index in [0.717, 1.165) is 5.69 Å². The molecule has 0 atom stereocenters. The minimum absolute atomic E-state index is 0.162. The van der Waals surface area contributed by atoms with Gasteiger partial charge in [0, 0.05) is 6.92 Å². The van der Waals surface area contributed by atoms with Crippen molar-refractivity contribution in [3.8, 4) is 5.69 Å². The zero-order valence-corrected chi connectivity index (χ0v) is 11.3. The van der Waals surface area contributed by atoms with E-state index in [0.29, 0.717) is 5.69 Å². The average Bonchev–Trinajstić information content (AvgIpc) is 3.17. The highest BCUT2D eigenvalue weighted by atomic mass is 16.3. The van der Waals surface area contributed by atoms with Crippen LogP contribution in [0.2, 0.25) is 0 Å². The predicted octanol–water partition coefficient (Wildman–Crippen LogP) is 2.90. The van der Waals surface area contributed by atoms with Crippen LogP contribution in [0, 0.1) is 0 Å². The summed E-state index contributed by atoms with van der Waals surface area (Å²) in [5.41, 5.74) is 1.26. The van der Waals surface area contributed by atoms with Gasteiger partial charge in [-0.15, -0.1) is 0 Å². The van der Waals surface area contributed by atoms with Gasteiger partial charge in [-0.3, -0.25) is 9.59 Å². The van der Waals surface area contributed by atoms with Gasteiger partial charge in [0.15, 0.2) is 11.5 Å². The van der Waals surface area contributed by atoms with E-state index in [-0.39, 0.29) is 23.0 Å². The molecule has 0 aliphatic rings. The van der Waals surface area contributed by atoms with Crippen LogP contribution in [0.15, 0.2) is 59.2 Å². The first kappa shape index (κ1) is 13.1. The molecule has 3 rings (SSSR count). The summed E-state index contributed by atoms with van der Waals surface area (Å²) in [5.74, 6) is -0.315. The number of carbonyl (C=O) groups excluding carboxylic acids is 2. The molecule has 0 bridgehead atoms. The van der Waals surface area contributed by atoms with E-state index in [9.17, 15) is 9.59 Å². The number of hydrogen-bond acceptors (Lipinski definition) is 4. The molecule has 0 unspecified atom stereocenters. The first-order valence-corrected chi connectivity index (χ1v) is 6.41. The highest BCUT2D eigenvalue weighted by molar-refractivity contribution is 6.07. The summed E-state index contributed by atoms with van der Waals surface area (Å²) >= 11 is 0. The third kappa shape index (κ3) is 2.41. The zero-order chi connectivity index (χ0) is 14.8. The van der Waals surface area contributed by atoms with Crippen molar-refractivity contribution in [2.45, 2.75) is 6.92 Å². The van der Waals surface area contributed by atoms with Gasteiger partial charge in [0.05, 0.1) is 12.0 Å². The van der Waals surface area contributed by atoms with Crippen LogP contribution in [0.1, 0.15) is 33.7 Å². The van der Waals surface area contributed by atoms with Crippen molar-refractivity contribution in [2.75, 3.05) is 0 Å². The summed E-state index contributed by atoms with van der Waals surface area (Å²) < 4.78 is 6.55. The molecule has 0 saturated heterocycles. The largest absolute Gasteiger partial charge is 0.461 e. The molecule has 104 valence electrons. The van der Waals surface area contributed by atoms with E-state index in [2.05, 4.69) is 5.10 Å². The Morgan fingerprint density at radius 1 is 1.10 bits per heavy atom. The molecule has 3 aromatic rings. The van der Waals surface area contributed by atoms with Crippen LogP contribution < -0.4 is 0 Å². The fourth-order valence-corrected chi connectivity index (χ4v) is 2.04. The van der Waals surface area contributed by atoms with Crippen LogP contribution in [0.4, 0.5) is 0 Å². The monoisotopic (exact) mass is 280 g/mol. The van der Waals surface area contributed by atoms with E-state index in [1.807, 2.05) is 30.3 Å². The van der Waals surface area contributed by atoms with Gasteiger partial charge in [-0.05, 0) is 30.3 Å². The molecule has 2 aromatic heterocycles. The maximum Gasteiger partial charge on any atom is 0.248 e. The molecule has 0 aliphatic heterocycles. The fraction of sp³-hybridized carbons (Fsp3) is 0.0625. The van der Waals surface area contributed by atoms with Crippen LogP contribution in [0.3, 0.4) is 0 Å². The Kier molecular flexibility index (Phi) is 3.23. The van der Waals surface area contributed by atoms with Crippen molar-refractivity contribution in [3.05, 3.63) is 71.9 Å². The predicted molar refractivity (Wildman–Crippen MR) is 75.7 cm³/mol. The second-order valence-electron chi connectivity index (χ2n) is 4.52. The van der Waals surface area contributed by atoms with Gasteiger partial charge in [0.25, 0.3) is 0 Å². The summed E-state index contributed by atoms with van der Waals surface area (Å²) in [6.07, 6.45) is 1.42. The zero-order valence-electron chi connectivity index (χ0n) is 11.3. The number of ketones is 2. The minimum Gasteiger partial charge on any atom is -0.461 e. The van der Waals surface area contributed by atoms with E-state index in [4.69, 9.17) is 4.42 Å². The highest BCUT2D eigenvalue weighted by Crippen LogP contribution is 2.16. The first-order chi connectivity index (χ1) is 10.2. The molecule has 0 N–H and O–H groups in total. The molecular formula is C16H12N2O3. The van der Waals surface area contributed by atoms with E-state index >= 15 is 0 Å². The molecule has 2 heterocycles. The molecule has 0 spiro atoms. The van der Waals surface area contributed by atoms with E-state index in [1.54, 1.807) is 12.1 Å². The van der Waals surface area contributed by atoms with Crippen LogP contribution in [-0.2, 0) is 0 Å². The van der Waals surface area contributed by atoms with Gasteiger partial charge >= 0.3 is 0 Å². The summed E-state index contributed by atoms with van der Waals surface area (Å²) in [6, 6.07) is 13.9. The number of furan rings is 1. The number of para-hydroxylation sites is 1. The fourth-order valence-electron chi connectivity index (χ4n) is 2.04. The lowest BCUT2D eigenvalue weighted by molar-refractivity contribution is 0.0998. The van der Waals surface area contributed by atoms with Gasteiger partial charge in [0.2, 0.25) is 5.78 Å². The van der Waals surface area contributed by atoms with E-state index < -0.39 is 0 Å². The second kappa shape index (κ2) is 5.20. The van der Waals surface area contributed by atoms with Crippen molar-refractivity contribution >= 4 is 11.6 Å². The van der Waals surface area contributed by atoms with Crippen molar-refractivity contribution in [1.82, 2.24) is 9.78 Å². The summed E-state index contributed by atoms with van der Waals surface area (Å²) in [7, 11) is 0. The van der Waals surface area contributed by atoms with Crippen molar-refractivity contribution in [1.29, 1.82) is 0 Å². The van der Waals surface area contributed by atoms with Gasteiger partial charge in [-0.2, -0.15) is 5.10 Å². The topological polar surface area (TPSA) is 65.1 Å². The second-order valence-corrected chi connectivity index (χ2v) is 4.52. The number of hydrogen-bond donors (Lipinski definition) is 0. The number of aromatic nitrogens is 2. The van der Waals surface area contributed by atoms with Crippen molar-refractivity contribution in [2.24, 2.45) is 0 Å². The van der Waals surface area contributed by atoms with Crippen LogP contribution in [0.25, 0.3) is 5.69 Å². The Morgan fingerprint density at radius 2 is 1.86 bits per heavy atom. The summed E-state index contributed by atoms with van der Waals surface area (Å²) in [4.78, 5) is 24.0. The van der Waals surface area contributed by atoms with E-state index in [1.165, 1.54) is 23.9 Å². The Labute approximate surface area is 120 Å². The molecule has 1 aromatic carbocycles.